The zero-order valence-corrected chi connectivity index (χ0v) is 6.74. The zero-order valence-electron chi connectivity index (χ0n) is 6.74. The molecular formula is C8H10O4. The second-order valence-corrected chi connectivity index (χ2v) is 3.55. The van der Waals surface area contributed by atoms with Gasteiger partial charge in [0.15, 0.2) is 11.2 Å². The van der Waals surface area contributed by atoms with E-state index >= 15 is 0 Å². The number of rotatable bonds is 0. The van der Waals surface area contributed by atoms with Crippen LogP contribution in [0.1, 0.15) is 19.8 Å². The first-order valence-corrected chi connectivity index (χ1v) is 3.99. The number of hydrogen-bond acceptors (Lipinski definition) is 4. The van der Waals surface area contributed by atoms with Gasteiger partial charge in [-0.25, -0.2) is 0 Å². The van der Waals surface area contributed by atoms with Crippen LogP contribution in [-0.2, 0) is 14.3 Å². The molecule has 2 bridgehead atoms. The smallest absolute Gasteiger partial charge is 0.322 e. The summed E-state index contributed by atoms with van der Waals surface area (Å²) in [6.45, 7) is 1.46. The van der Waals surface area contributed by atoms with Crippen LogP contribution in [-0.4, -0.2) is 29.1 Å². The Morgan fingerprint density at radius 1 is 1.58 bits per heavy atom. The second-order valence-electron chi connectivity index (χ2n) is 3.55. The molecule has 2 rings (SSSR count). The average Bonchev–Trinajstić information content (AvgIpc) is 2.17. The summed E-state index contributed by atoms with van der Waals surface area (Å²) in [4.78, 5) is 22.5. The molecule has 66 valence electrons. The Morgan fingerprint density at radius 3 is 2.83 bits per heavy atom. The largest absolute Gasteiger partial charge is 0.459 e. The third-order valence-corrected chi connectivity index (χ3v) is 2.86. The van der Waals surface area contributed by atoms with E-state index in [1.165, 1.54) is 6.92 Å². The van der Waals surface area contributed by atoms with Gasteiger partial charge in [-0.05, 0) is 13.3 Å². The number of ketones is 1. The van der Waals surface area contributed by atoms with Crippen molar-refractivity contribution in [3.05, 3.63) is 0 Å². The summed E-state index contributed by atoms with van der Waals surface area (Å²) in [5.74, 6) is -0.767. The zero-order chi connectivity index (χ0) is 8.93. The second kappa shape index (κ2) is 2.07. The number of hydrogen-bond donors (Lipinski definition) is 1. The van der Waals surface area contributed by atoms with Gasteiger partial charge >= 0.3 is 5.97 Å². The lowest BCUT2D eigenvalue weighted by Gasteiger charge is -2.27. The Kier molecular flexibility index (Phi) is 1.33. The van der Waals surface area contributed by atoms with Crippen molar-refractivity contribution in [2.75, 3.05) is 0 Å². The van der Waals surface area contributed by atoms with Gasteiger partial charge < -0.3 is 9.84 Å². The minimum atomic E-state index is -1.27. The predicted octanol–water partition coefficient (Wildman–Crippen LogP) is -0.358. The standard InChI is InChI=1S/C8H10O4/c1-8-5(9)3-2-4(6(8)10)12-7(8)11/h4,6,10H,2-3H2,1H3/t4-,6+,8+/m0/s1. The Bertz CT molecular complexity index is 250. The molecule has 12 heavy (non-hydrogen) atoms. The summed E-state index contributed by atoms with van der Waals surface area (Å²) in [6.07, 6.45) is -0.600. The third kappa shape index (κ3) is 0.659. The van der Waals surface area contributed by atoms with E-state index in [0.29, 0.717) is 12.8 Å². The first kappa shape index (κ1) is 7.73. The van der Waals surface area contributed by atoms with E-state index in [1.54, 1.807) is 0 Å². The molecule has 0 unspecified atom stereocenters. The van der Waals surface area contributed by atoms with Crippen LogP contribution in [0.5, 0.6) is 0 Å². The van der Waals surface area contributed by atoms with Crippen LogP contribution in [0.25, 0.3) is 0 Å². The van der Waals surface area contributed by atoms with Crippen molar-refractivity contribution in [3.8, 4) is 0 Å². The summed E-state index contributed by atoms with van der Waals surface area (Å²) < 4.78 is 4.86. The van der Waals surface area contributed by atoms with Crippen molar-refractivity contribution < 1.29 is 19.4 Å². The topological polar surface area (TPSA) is 63.6 Å². The lowest BCUT2D eigenvalue weighted by molar-refractivity contribution is -0.151. The summed E-state index contributed by atoms with van der Waals surface area (Å²) in [5, 5.41) is 9.54. The van der Waals surface area contributed by atoms with Gasteiger partial charge in [-0.15, -0.1) is 0 Å². The number of aliphatic hydroxyl groups excluding tert-OH is 1. The number of carbonyl (C=O) groups is 2. The van der Waals surface area contributed by atoms with Crippen LogP contribution in [0, 0.1) is 5.41 Å². The van der Waals surface area contributed by atoms with E-state index in [1.807, 2.05) is 0 Å². The summed E-state index contributed by atoms with van der Waals surface area (Å²) in [5.41, 5.74) is -1.27. The van der Waals surface area contributed by atoms with Crippen molar-refractivity contribution >= 4 is 11.8 Å². The van der Waals surface area contributed by atoms with Gasteiger partial charge in [0, 0.05) is 6.42 Å². The molecule has 1 saturated carbocycles. The van der Waals surface area contributed by atoms with Crippen molar-refractivity contribution in [2.45, 2.75) is 32.0 Å². The molecule has 1 saturated heterocycles. The maximum atomic E-state index is 11.3. The molecule has 0 amide bonds. The van der Waals surface area contributed by atoms with Gasteiger partial charge in [0.2, 0.25) is 0 Å². The highest BCUT2D eigenvalue weighted by atomic mass is 16.6. The molecule has 0 aromatic rings. The Hall–Kier alpha value is -0.900. The van der Waals surface area contributed by atoms with Crippen LogP contribution < -0.4 is 0 Å². The van der Waals surface area contributed by atoms with E-state index in [9.17, 15) is 14.7 Å². The molecule has 1 heterocycles. The van der Waals surface area contributed by atoms with Crippen LogP contribution >= 0.6 is 0 Å². The van der Waals surface area contributed by atoms with Crippen molar-refractivity contribution in [3.63, 3.8) is 0 Å². The molecule has 0 radical (unpaired) electrons. The molecule has 0 spiro atoms. The van der Waals surface area contributed by atoms with Gasteiger partial charge in [-0.2, -0.15) is 0 Å². The van der Waals surface area contributed by atoms with Crippen molar-refractivity contribution in [2.24, 2.45) is 5.41 Å². The molecule has 0 aromatic carbocycles. The van der Waals surface area contributed by atoms with Crippen LogP contribution in [0.4, 0.5) is 0 Å². The quantitative estimate of drug-likeness (QED) is 0.398. The molecule has 0 aromatic heterocycles. The van der Waals surface area contributed by atoms with E-state index in [-0.39, 0.29) is 5.78 Å². The lowest BCUT2D eigenvalue weighted by atomic mass is 9.73. The molecule has 1 aliphatic heterocycles. The summed E-state index contributed by atoms with van der Waals surface area (Å²) in [7, 11) is 0. The first-order valence-electron chi connectivity index (χ1n) is 3.99. The highest BCUT2D eigenvalue weighted by molar-refractivity contribution is 6.06. The van der Waals surface area contributed by atoms with Crippen molar-refractivity contribution in [1.29, 1.82) is 0 Å². The van der Waals surface area contributed by atoms with Crippen LogP contribution in [0.3, 0.4) is 0 Å². The number of Topliss-reactive ketones (excluding diaryl/α,β-unsaturated/α-hetero) is 1. The molecular weight excluding hydrogens is 160 g/mol. The number of ether oxygens (including phenoxy) is 1. The molecule has 1 N–H and O–H groups in total. The summed E-state index contributed by atoms with van der Waals surface area (Å²) >= 11 is 0. The van der Waals surface area contributed by atoms with E-state index in [4.69, 9.17) is 4.74 Å². The highest BCUT2D eigenvalue weighted by Crippen LogP contribution is 2.41. The third-order valence-electron chi connectivity index (χ3n) is 2.86. The van der Waals surface area contributed by atoms with Crippen molar-refractivity contribution in [1.82, 2.24) is 0 Å². The number of esters is 1. The fourth-order valence-electron chi connectivity index (χ4n) is 1.85. The number of aliphatic hydroxyl groups is 1. The van der Waals surface area contributed by atoms with E-state index in [2.05, 4.69) is 0 Å². The van der Waals surface area contributed by atoms with Gasteiger partial charge in [-0.3, -0.25) is 9.59 Å². The first-order chi connectivity index (χ1) is 5.56. The van der Waals surface area contributed by atoms with Gasteiger partial charge in [0.05, 0.1) is 0 Å². The molecule has 4 nitrogen and oxygen atoms in total. The number of carbonyl (C=O) groups excluding carboxylic acids is 2. The summed E-state index contributed by atoms with van der Waals surface area (Å²) in [6, 6.07) is 0. The van der Waals surface area contributed by atoms with Crippen LogP contribution in [0.2, 0.25) is 0 Å². The molecule has 4 heteroatoms. The highest BCUT2D eigenvalue weighted by Gasteiger charge is 2.60. The van der Waals surface area contributed by atoms with E-state index in [0.717, 1.165) is 0 Å². The fourth-order valence-corrected chi connectivity index (χ4v) is 1.85. The average molecular weight is 170 g/mol. The molecule has 2 fully saturated rings. The molecule has 3 atom stereocenters. The Morgan fingerprint density at radius 2 is 2.25 bits per heavy atom. The molecule has 1 aliphatic carbocycles. The Balaban J connectivity index is 2.45. The molecule has 2 aliphatic rings. The minimum absolute atomic E-state index is 0.200. The van der Waals surface area contributed by atoms with E-state index < -0.39 is 23.6 Å². The predicted molar refractivity (Wildman–Crippen MR) is 38.2 cm³/mol. The maximum absolute atomic E-state index is 11.3. The van der Waals surface area contributed by atoms with Gasteiger partial charge in [0.1, 0.15) is 12.2 Å². The normalized spacial score (nSPS) is 46.2. The fraction of sp³-hybridized carbons (Fsp3) is 0.750. The van der Waals surface area contributed by atoms with Crippen LogP contribution in [0.15, 0.2) is 0 Å². The number of fused-ring (bicyclic) bond motifs is 2. The SMILES string of the molecule is C[C@]12C(=O)CC[C@H](OC1=O)[C@H]2O. The Labute approximate surface area is 69.5 Å². The monoisotopic (exact) mass is 170 g/mol. The maximum Gasteiger partial charge on any atom is 0.322 e. The van der Waals surface area contributed by atoms with Gasteiger partial charge in [-0.1, -0.05) is 0 Å². The van der Waals surface area contributed by atoms with Gasteiger partial charge in [0.25, 0.3) is 0 Å². The lowest BCUT2D eigenvalue weighted by Crippen LogP contribution is -2.46. The minimum Gasteiger partial charge on any atom is -0.459 e.